The Kier molecular flexibility index (Phi) is 4.70. The number of hydrogen-bond acceptors (Lipinski definition) is 4. The van der Waals surface area contributed by atoms with Gasteiger partial charge in [-0.3, -0.25) is 4.79 Å². The van der Waals surface area contributed by atoms with E-state index in [1.165, 1.54) is 0 Å². The van der Waals surface area contributed by atoms with Crippen LogP contribution in [0.4, 0.5) is 5.82 Å². The lowest BCUT2D eigenvalue weighted by atomic mass is 10.1. The van der Waals surface area contributed by atoms with Gasteiger partial charge in [-0.25, -0.2) is 9.50 Å². The van der Waals surface area contributed by atoms with Crippen LogP contribution in [0.15, 0.2) is 42.7 Å². The first-order valence-corrected chi connectivity index (χ1v) is 9.13. The minimum atomic E-state index is 0.0982. The molecule has 0 atom stereocenters. The van der Waals surface area contributed by atoms with E-state index in [1.807, 2.05) is 29.3 Å². The summed E-state index contributed by atoms with van der Waals surface area (Å²) in [7, 11) is 0. The van der Waals surface area contributed by atoms with Gasteiger partial charge in [-0.15, -0.1) is 5.10 Å². The Morgan fingerprint density at radius 2 is 1.85 bits per heavy atom. The lowest BCUT2D eigenvalue weighted by molar-refractivity contribution is -0.130. The highest BCUT2D eigenvalue weighted by Gasteiger charge is 2.22. The number of imidazole rings is 1. The zero-order chi connectivity index (χ0) is 18.1. The molecule has 1 aliphatic rings. The van der Waals surface area contributed by atoms with Crippen molar-refractivity contribution in [2.45, 2.75) is 6.42 Å². The van der Waals surface area contributed by atoms with Gasteiger partial charge in [0.1, 0.15) is 5.82 Å². The third-order valence-electron chi connectivity index (χ3n) is 4.54. The molecule has 1 saturated heterocycles. The monoisotopic (exact) mass is 389 g/mol. The number of aromatic nitrogens is 3. The molecule has 0 bridgehead atoms. The molecule has 0 radical (unpaired) electrons. The summed E-state index contributed by atoms with van der Waals surface area (Å²) in [5.74, 6) is 0.994. The molecule has 1 fully saturated rings. The molecule has 1 amide bonds. The van der Waals surface area contributed by atoms with Crippen molar-refractivity contribution >= 4 is 40.6 Å². The normalized spacial score (nSPS) is 14.8. The van der Waals surface area contributed by atoms with Crippen LogP contribution in [0.5, 0.6) is 0 Å². The Labute approximate surface area is 160 Å². The van der Waals surface area contributed by atoms with E-state index in [1.54, 1.807) is 22.8 Å². The molecule has 1 aromatic carbocycles. The van der Waals surface area contributed by atoms with Crippen molar-refractivity contribution in [1.29, 1.82) is 0 Å². The van der Waals surface area contributed by atoms with E-state index in [0.717, 1.165) is 30.1 Å². The fourth-order valence-electron chi connectivity index (χ4n) is 3.09. The first kappa shape index (κ1) is 17.1. The second kappa shape index (κ2) is 7.13. The number of benzene rings is 1. The molecule has 3 heterocycles. The van der Waals surface area contributed by atoms with E-state index in [2.05, 4.69) is 15.0 Å². The van der Waals surface area contributed by atoms with Crippen molar-refractivity contribution in [2.24, 2.45) is 0 Å². The van der Waals surface area contributed by atoms with Crippen molar-refractivity contribution < 1.29 is 4.79 Å². The van der Waals surface area contributed by atoms with Crippen molar-refractivity contribution in [1.82, 2.24) is 19.5 Å². The Hall–Kier alpha value is -2.31. The van der Waals surface area contributed by atoms with Crippen LogP contribution in [-0.2, 0) is 11.2 Å². The summed E-state index contributed by atoms with van der Waals surface area (Å²) in [6, 6.07) is 9.23. The first-order valence-electron chi connectivity index (χ1n) is 8.37. The maximum absolute atomic E-state index is 12.6. The molecule has 0 spiro atoms. The summed E-state index contributed by atoms with van der Waals surface area (Å²) in [4.78, 5) is 20.8. The van der Waals surface area contributed by atoms with Gasteiger partial charge in [0.05, 0.1) is 16.5 Å². The first-order chi connectivity index (χ1) is 12.6. The minimum absolute atomic E-state index is 0.0982. The Balaban J connectivity index is 1.37. The van der Waals surface area contributed by atoms with Crippen LogP contribution in [-0.4, -0.2) is 51.6 Å². The van der Waals surface area contributed by atoms with Gasteiger partial charge in [0.15, 0.2) is 5.65 Å². The number of anilines is 1. The predicted molar refractivity (Wildman–Crippen MR) is 102 cm³/mol. The van der Waals surface area contributed by atoms with Crippen molar-refractivity contribution in [3.05, 3.63) is 58.3 Å². The minimum Gasteiger partial charge on any atom is -0.352 e. The van der Waals surface area contributed by atoms with Gasteiger partial charge in [0.2, 0.25) is 5.91 Å². The van der Waals surface area contributed by atoms with Crippen molar-refractivity contribution in [3.63, 3.8) is 0 Å². The van der Waals surface area contributed by atoms with Crippen LogP contribution in [0.2, 0.25) is 10.0 Å². The molecule has 6 nitrogen and oxygen atoms in total. The summed E-state index contributed by atoms with van der Waals surface area (Å²) in [6.45, 7) is 2.84. The molecule has 0 N–H and O–H groups in total. The molecular weight excluding hydrogens is 373 g/mol. The number of fused-ring (bicyclic) bond motifs is 1. The standard InChI is InChI=1S/C18H17Cl2N5O/c19-14-2-1-13(11-15(14)20)12-18(26)24-9-7-23(8-10-24)17-4-3-16-21-5-6-25(16)22-17/h1-6,11H,7-10,12H2. The summed E-state index contributed by atoms with van der Waals surface area (Å²) < 4.78 is 1.76. The number of amides is 1. The molecule has 8 heteroatoms. The molecule has 0 saturated carbocycles. The third-order valence-corrected chi connectivity index (χ3v) is 5.28. The molecule has 134 valence electrons. The van der Waals surface area contributed by atoms with E-state index < -0.39 is 0 Å². The van der Waals surface area contributed by atoms with E-state index in [-0.39, 0.29) is 5.91 Å². The summed E-state index contributed by atoms with van der Waals surface area (Å²) >= 11 is 12.0. The number of carbonyl (C=O) groups is 1. The van der Waals surface area contributed by atoms with Gasteiger partial charge in [-0.1, -0.05) is 29.3 Å². The van der Waals surface area contributed by atoms with Gasteiger partial charge in [0.25, 0.3) is 0 Å². The smallest absolute Gasteiger partial charge is 0.227 e. The molecular formula is C18H17Cl2N5O. The van der Waals surface area contributed by atoms with Gasteiger partial charge in [0, 0.05) is 38.6 Å². The lowest BCUT2D eigenvalue weighted by Gasteiger charge is -2.35. The zero-order valence-electron chi connectivity index (χ0n) is 14.0. The van der Waals surface area contributed by atoms with E-state index in [9.17, 15) is 4.79 Å². The van der Waals surface area contributed by atoms with E-state index in [4.69, 9.17) is 23.2 Å². The zero-order valence-corrected chi connectivity index (χ0v) is 15.5. The maximum atomic E-state index is 12.6. The average Bonchev–Trinajstić information content (AvgIpc) is 3.12. The van der Waals surface area contributed by atoms with Crippen LogP contribution < -0.4 is 4.90 Å². The average molecular weight is 390 g/mol. The van der Waals surface area contributed by atoms with Gasteiger partial charge < -0.3 is 9.80 Å². The molecule has 1 aliphatic heterocycles. The van der Waals surface area contributed by atoms with Crippen LogP contribution in [0.1, 0.15) is 5.56 Å². The van der Waals surface area contributed by atoms with Gasteiger partial charge in [-0.05, 0) is 29.8 Å². The molecule has 0 unspecified atom stereocenters. The number of piperazine rings is 1. The van der Waals surface area contributed by atoms with E-state index >= 15 is 0 Å². The van der Waals surface area contributed by atoms with Crippen LogP contribution in [0.3, 0.4) is 0 Å². The van der Waals surface area contributed by atoms with Crippen LogP contribution >= 0.6 is 23.2 Å². The van der Waals surface area contributed by atoms with Crippen LogP contribution in [0.25, 0.3) is 5.65 Å². The second-order valence-corrected chi connectivity index (χ2v) is 7.03. The number of halogens is 2. The highest BCUT2D eigenvalue weighted by Crippen LogP contribution is 2.23. The predicted octanol–water partition coefficient (Wildman–Crippen LogP) is 2.93. The fourth-order valence-corrected chi connectivity index (χ4v) is 3.42. The Morgan fingerprint density at radius 3 is 2.62 bits per heavy atom. The SMILES string of the molecule is O=C(Cc1ccc(Cl)c(Cl)c1)N1CCN(c2ccc3nccn3n2)CC1. The van der Waals surface area contributed by atoms with Gasteiger partial charge in [-0.2, -0.15) is 0 Å². The lowest BCUT2D eigenvalue weighted by Crippen LogP contribution is -2.49. The van der Waals surface area contributed by atoms with Crippen molar-refractivity contribution in [2.75, 3.05) is 31.1 Å². The molecule has 0 aliphatic carbocycles. The number of carbonyl (C=O) groups excluding carboxylic acids is 1. The fraction of sp³-hybridized carbons (Fsp3) is 0.278. The highest BCUT2D eigenvalue weighted by atomic mass is 35.5. The number of rotatable bonds is 3. The summed E-state index contributed by atoms with van der Waals surface area (Å²) in [5, 5.41) is 5.54. The number of nitrogens with zero attached hydrogens (tertiary/aromatic N) is 5. The Morgan fingerprint density at radius 1 is 1.04 bits per heavy atom. The maximum Gasteiger partial charge on any atom is 0.227 e. The van der Waals surface area contributed by atoms with E-state index in [0.29, 0.717) is 29.6 Å². The molecule has 26 heavy (non-hydrogen) atoms. The quantitative estimate of drug-likeness (QED) is 0.690. The Bertz CT molecular complexity index is 950. The molecule has 3 aromatic rings. The van der Waals surface area contributed by atoms with Crippen LogP contribution in [0, 0.1) is 0 Å². The van der Waals surface area contributed by atoms with Crippen molar-refractivity contribution in [3.8, 4) is 0 Å². The summed E-state index contributed by atoms with van der Waals surface area (Å²) in [5.41, 5.74) is 1.70. The highest BCUT2D eigenvalue weighted by molar-refractivity contribution is 6.42. The molecule has 4 rings (SSSR count). The summed E-state index contributed by atoms with van der Waals surface area (Å²) in [6.07, 6.45) is 3.89. The molecule has 2 aromatic heterocycles. The second-order valence-electron chi connectivity index (χ2n) is 6.21. The topological polar surface area (TPSA) is 53.7 Å². The third kappa shape index (κ3) is 3.48. The largest absolute Gasteiger partial charge is 0.352 e. The van der Waals surface area contributed by atoms with Gasteiger partial charge >= 0.3 is 0 Å². The number of hydrogen-bond donors (Lipinski definition) is 0.